The maximum atomic E-state index is 13.4. The van der Waals surface area contributed by atoms with Crippen molar-refractivity contribution in [3.63, 3.8) is 0 Å². The van der Waals surface area contributed by atoms with Gasteiger partial charge in [0.1, 0.15) is 0 Å². The van der Waals surface area contributed by atoms with E-state index in [2.05, 4.69) is 4.98 Å². The van der Waals surface area contributed by atoms with Crippen molar-refractivity contribution < 1.29 is 9.18 Å². The van der Waals surface area contributed by atoms with E-state index >= 15 is 0 Å². The third-order valence-corrected chi connectivity index (χ3v) is 2.62. The summed E-state index contributed by atoms with van der Waals surface area (Å²) in [4.78, 5) is 14.7. The van der Waals surface area contributed by atoms with E-state index < -0.39 is 11.7 Å². The zero-order valence-electron chi connectivity index (χ0n) is 9.27. The smallest absolute Gasteiger partial charge is 0.277 e. The van der Waals surface area contributed by atoms with E-state index in [1.807, 2.05) is 12.1 Å². The van der Waals surface area contributed by atoms with Crippen LogP contribution in [0.2, 0.25) is 0 Å². The molecule has 4 heteroatoms. The zero-order valence-corrected chi connectivity index (χ0v) is 9.27. The number of primary amides is 1. The van der Waals surface area contributed by atoms with E-state index in [-0.39, 0.29) is 5.57 Å². The first-order valence-electron chi connectivity index (χ1n) is 5.10. The minimum Gasteiger partial charge on any atom is -0.364 e. The second-order valence-electron chi connectivity index (χ2n) is 3.74. The second kappa shape index (κ2) is 4.33. The third kappa shape index (κ3) is 2.15. The monoisotopic (exact) mass is 230 g/mol. The van der Waals surface area contributed by atoms with Crippen LogP contribution in [0.1, 0.15) is 12.5 Å². The van der Waals surface area contributed by atoms with Gasteiger partial charge in [0.15, 0.2) is 5.83 Å². The highest BCUT2D eigenvalue weighted by molar-refractivity contribution is 5.98. The highest BCUT2D eigenvalue weighted by Crippen LogP contribution is 2.23. The van der Waals surface area contributed by atoms with Crippen LogP contribution < -0.4 is 5.73 Å². The fraction of sp³-hybridized carbons (Fsp3) is 0.0769. The Balaban J connectivity index is 2.57. The van der Waals surface area contributed by atoms with E-state index in [9.17, 15) is 9.18 Å². The molecule has 86 valence electrons. The van der Waals surface area contributed by atoms with Crippen LogP contribution in [0.4, 0.5) is 4.39 Å². The molecule has 0 aliphatic rings. The molecule has 0 fully saturated rings. The number of rotatable bonds is 2. The van der Waals surface area contributed by atoms with Crippen LogP contribution >= 0.6 is 0 Å². The van der Waals surface area contributed by atoms with E-state index in [0.29, 0.717) is 5.56 Å². The number of benzene rings is 1. The van der Waals surface area contributed by atoms with E-state index in [1.165, 1.54) is 6.92 Å². The fourth-order valence-electron chi connectivity index (χ4n) is 1.63. The van der Waals surface area contributed by atoms with Crippen LogP contribution in [0.3, 0.4) is 0 Å². The summed E-state index contributed by atoms with van der Waals surface area (Å²) in [6, 6.07) is 7.24. The summed E-state index contributed by atoms with van der Waals surface area (Å²) in [6.07, 6.45) is 3.38. The van der Waals surface area contributed by atoms with Crippen LogP contribution in [0.25, 0.3) is 16.3 Å². The Morgan fingerprint density at radius 1 is 1.29 bits per heavy atom. The Hall–Kier alpha value is -2.23. The summed E-state index contributed by atoms with van der Waals surface area (Å²) >= 11 is 0. The molecule has 1 heterocycles. The molecule has 0 aliphatic heterocycles. The number of aromatic nitrogens is 1. The van der Waals surface area contributed by atoms with Gasteiger partial charge in [0, 0.05) is 17.8 Å². The lowest BCUT2D eigenvalue weighted by atomic mass is 10.0. The molecule has 0 unspecified atom stereocenters. The van der Waals surface area contributed by atoms with Crippen molar-refractivity contribution in [2.45, 2.75) is 6.92 Å². The molecular weight excluding hydrogens is 219 g/mol. The average molecular weight is 230 g/mol. The largest absolute Gasteiger partial charge is 0.364 e. The third-order valence-electron chi connectivity index (χ3n) is 2.62. The minimum atomic E-state index is -1.05. The molecule has 1 amide bonds. The maximum absolute atomic E-state index is 13.4. The van der Waals surface area contributed by atoms with Crippen LogP contribution in [0, 0.1) is 0 Å². The fourth-order valence-corrected chi connectivity index (χ4v) is 1.63. The predicted molar refractivity (Wildman–Crippen MR) is 64.6 cm³/mol. The minimum absolute atomic E-state index is 0.239. The SMILES string of the molecule is CC(=C(F)C(N)=O)c1ccc2ccncc2c1. The van der Waals surface area contributed by atoms with Crippen LogP contribution in [-0.4, -0.2) is 10.9 Å². The van der Waals surface area contributed by atoms with Crippen molar-refractivity contribution in [2.75, 3.05) is 0 Å². The standard InChI is InChI=1S/C13H11FN2O/c1-8(12(14)13(15)17)10-3-2-9-4-5-16-7-11(9)6-10/h2-7H,1H3,(H2,15,17). The number of carbonyl (C=O) groups excluding carboxylic acids is 1. The number of nitrogens with two attached hydrogens (primary N) is 1. The number of allylic oxidation sites excluding steroid dienone is 1. The number of amides is 1. The quantitative estimate of drug-likeness (QED) is 0.805. The van der Waals surface area contributed by atoms with Crippen molar-refractivity contribution in [2.24, 2.45) is 5.73 Å². The first-order valence-corrected chi connectivity index (χ1v) is 5.10. The van der Waals surface area contributed by atoms with Crippen LogP contribution in [-0.2, 0) is 4.79 Å². The summed E-state index contributed by atoms with van der Waals surface area (Å²) in [7, 11) is 0. The molecular formula is C13H11FN2O. The summed E-state index contributed by atoms with van der Waals surface area (Å²) in [5.74, 6) is -1.96. The predicted octanol–water partition coefficient (Wildman–Crippen LogP) is 2.42. The van der Waals surface area contributed by atoms with Crippen molar-refractivity contribution in [1.29, 1.82) is 0 Å². The molecule has 0 saturated heterocycles. The van der Waals surface area contributed by atoms with Gasteiger partial charge in [0.25, 0.3) is 5.91 Å². The average Bonchev–Trinajstić information content (AvgIpc) is 2.36. The molecule has 0 aliphatic carbocycles. The molecule has 0 radical (unpaired) electrons. The molecule has 2 aromatic rings. The van der Waals surface area contributed by atoms with Gasteiger partial charge in [-0.15, -0.1) is 0 Å². The normalized spacial score (nSPS) is 12.4. The molecule has 17 heavy (non-hydrogen) atoms. The molecule has 0 saturated carbocycles. The summed E-state index contributed by atoms with van der Waals surface area (Å²) < 4.78 is 13.4. The lowest BCUT2D eigenvalue weighted by molar-refractivity contribution is -0.115. The number of pyridine rings is 1. The number of hydrogen-bond acceptors (Lipinski definition) is 2. The molecule has 1 aromatic heterocycles. The van der Waals surface area contributed by atoms with Gasteiger partial charge in [-0.3, -0.25) is 9.78 Å². The van der Waals surface area contributed by atoms with E-state index in [0.717, 1.165) is 10.8 Å². The van der Waals surface area contributed by atoms with Crippen molar-refractivity contribution in [3.8, 4) is 0 Å². The number of fused-ring (bicyclic) bond motifs is 1. The highest BCUT2D eigenvalue weighted by Gasteiger charge is 2.10. The molecule has 1 aromatic carbocycles. The first kappa shape index (κ1) is 11.3. The number of halogens is 1. The van der Waals surface area contributed by atoms with Gasteiger partial charge in [0.05, 0.1) is 0 Å². The summed E-state index contributed by atoms with van der Waals surface area (Å²) in [5, 5.41) is 1.90. The van der Waals surface area contributed by atoms with E-state index in [4.69, 9.17) is 5.73 Å². The molecule has 2 rings (SSSR count). The molecule has 0 atom stereocenters. The van der Waals surface area contributed by atoms with Gasteiger partial charge in [0.2, 0.25) is 0 Å². The Labute approximate surface area is 97.8 Å². The number of nitrogens with zero attached hydrogens (tertiary/aromatic N) is 1. The molecule has 2 N–H and O–H groups in total. The van der Waals surface area contributed by atoms with Crippen LogP contribution in [0.15, 0.2) is 42.5 Å². The molecule has 0 bridgehead atoms. The topological polar surface area (TPSA) is 56.0 Å². The lowest BCUT2D eigenvalue weighted by Gasteiger charge is -2.04. The second-order valence-corrected chi connectivity index (χ2v) is 3.74. The van der Waals surface area contributed by atoms with Crippen molar-refractivity contribution >= 4 is 22.3 Å². The van der Waals surface area contributed by atoms with Gasteiger partial charge in [-0.2, -0.15) is 0 Å². The lowest BCUT2D eigenvalue weighted by Crippen LogP contribution is -2.12. The number of carbonyl (C=O) groups is 1. The molecule has 3 nitrogen and oxygen atoms in total. The maximum Gasteiger partial charge on any atom is 0.277 e. The van der Waals surface area contributed by atoms with Gasteiger partial charge in [-0.05, 0) is 35.6 Å². The summed E-state index contributed by atoms with van der Waals surface area (Å²) in [5.41, 5.74) is 5.77. The van der Waals surface area contributed by atoms with Crippen LogP contribution in [0.5, 0.6) is 0 Å². The Kier molecular flexibility index (Phi) is 2.87. The number of hydrogen-bond donors (Lipinski definition) is 1. The van der Waals surface area contributed by atoms with Gasteiger partial charge >= 0.3 is 0 Å². The highest BCUT2D eigenvalue weighted by atomic mass is 19.1. The Morgan fingerprint density at radius 3 is 2.76 bits per heavy atom. The van der Waals surface area contributed by atoms with Crippen molar-refractivity contribution in [1.82, 2.24) is 4.98 Å². The Morgan fingerprint density at radius 2 is 2.06 bits per heavy atom. The van der Waals surface area contributed by atoms with Gasteiger partial charge < -0.3 is 5.73 Å². The summed E-state index contributed by atoms with van der Waals surface area (Å²) in [6.45, 7) is 1.53. The van der Waals surface area contributed by atoms with E-state index in [1.54, 1.807) is 24.5 Å². The Bertz CT molecular complexity index is 620. The first-order chi connectivity index (χ1) is 8.09. The molecule has 0 spiro atoms. The zero-order chi connectivity index (χ0) is 12.4. The van der Waals surface area contributed by atoms with Crippen molar-refractivity contribution in [3.05, 3.63) is 48.0 Å². The van der Waals surface area contributed by atoms with Gasteiger partial charge in [-0.25, -0.2) is 4.39 Å². The van der Waals surface area contributed by atoms with Gasteiger partial charge in [-0.1, -0.05) is 12.1 Å².